The second kappa shape index (κ2) is 3.73. The molecular weight excluding hydrogens is 200 g/mol. The Labute approximate surface area is 89.4 Å². The lowest BCUT2D eigenvalue weighted by molar-refractivity contribution is 0.00569. The molecule has 0 aromatic heterocycles. The van der Waals surface area contributed by atoms with Crippen molar-refractivity contribution in [2.75, 3.05) is 6.54 Å². The fourth-order valence-electron chi connectivity index (χ4n) is 1.22. The maximum atomic E-state index is 11.5. The molecule has 5 heteroatoms. The zero-order valence-corrected chi connectivity index (χ0v) is 9.56. The largest absolute Gasteiger partial charge is 0.444 e. The lowest BCUT2D eigenvalue weighted by atomic mass is 10.0. The first-order valence-corrected chi connectivity index (χ1v) is 5.01. The van der Waals surface area contributed by atoms with Gasteiger partial charge in [-0.1, -0.05) is 12.2 Å². The van der Waals surface area contributed by atoms with Gasteiger partial charge >= 0.3 is 6.09 Å². The van der Waals surface area contributed by atoms with Crippen LogP contribution < -0.4 is 5.73 Å². The molecule has 1 rings (SSSR count). The Kier molecular flexibility index (Phi) is 2.99. The summed E-state index contributed by atoms with van der Waals surface area (Å²) < 4.78 is 5.19. The number of amides is 1. The third-order valence-corrected chi connectivity index (χ3v) is 2.25. The van der Waals surface area contributed by atoms with Crippen LogP contribution in [0.25, 0.3) is 0 Å². The smallest absolute Gasteiger partial charge is 0.410 e. The number of rotatable bonds is 1. The van der Waals surface area contributed by atoms with E-state index in [1.807, 2.05) is 20.8 Å². The van der Waals surface area contributed by atoms with Gasteiger partial charge in [0.1, 0.15) is 5.60 Å². The van der Waals surface area contributed by atoms with Crippen LogP contribution >= 0.6 is 12.2 Å². The minimum absolute atomic E-state index is 0.111. The van der Waals surface area contributed by atoms with E-state index in [1.54, 1.807) is 4.90 Å². The summed E-state index contributed by atoms with van der Waals surface area (Å²) in [6, 6.07) is -0.111. The Morgan fingerprint density at radius 3 is 2.43 bits per heavy atom. The number of hydrogen-bond acceptors (Lipinski definition) is 3. The van der Waals surface area contributed by atoms with Crippen molar-refractivity contribution in [1.82, 2.24) is 4.90 Å². The molecule has 1 unspecified atom stereocenters. The zero-order valence-electron chi connectivity index (χ0n) is 8.74. The monoisotopic (exact) mass is 216 g/mol. The Hall–Kier alpha value is -0.840. The van der Waals surface area contributed by atoms with Crippen LogP contribution in [0.2, 0.25) is 0 Å². The molecule has 1 heterocycles. The quantitative estimate of drug-likeness (QED) is 0.671. The van der Waals surface area contributed by atoms with Crippen molar-refractivity contribution in [2.45, 2.75) is 38.8 Å². The predicted molar refractivity (Wildman–Crippen MR) is 58.1 cm³/mol. The van der Waals surface area contributed by atoms with Crippen molar-refractivity contribution >= 4 is 23.3 Å². The highest BCUT2D eigenvalue weighted by Crippen LogP contribution is 2.21. The lowest BCUT2D eigenvalue weighted by Gasteiger charge is -2.40. The molecule has 0 aromatic carbocycles. The summed E-state index contributed by atoms with van der Waals surface area (Å²) in [7, 11) is 0. The van der Waals surface area contributed by atoms with E-state index in [2.05, 4.69) is 0 Å². The van der Waals surface area contributed by atoms with Gasteiger partial charge in [-0.15, -0.1) is 0 Å². The van der Waals surface area contributed by atoms with Gasteiger partial charge in [0, 0.05) is 6.54 Å². The molecule has 0 radical (unpaired) electrons. The van der Waals surface area contributed by atoms with Crippen molar-refractivity contribution < 1.29 is 9.53 Å². The van der Waals surface area contributed by atoms with Gasteiger partial charge in [0.2, 0.25) is 0 Å². The van der Waals surface area contributed by atoms with Crippen molar-refractivity contribution in [3.63, 3.8) is 0 Å². The number of carbonyl (C=O) groups excluding carboxylic acids is 1. The lowest BCUT2D eigenvalue weighted by Crippen LogP contribution is -2.57. The fraction of sp³-hybridized carbons (Fsp3) is 0.778. The van der Waals surface area contributed by atoms with E-state index < -0.39 is 5.60 Å². The van der Waals surface area contributed by atoms with E-state index in [1.165, 1.54) is 0 Å². The number of thiocarbonyl (C=S) groups is 1. The van der Waals surface area contributed by atoms with Crippen LogP contribution in [0.15, 0.2) is 0 Å². The first kappa shape index (κ1) is 11.2. The molecule has 1 fully saturated rings. The fourth-order valence-corrected chi connectivity index (χ4v) is 1.47. The van der Waals surface area contributed by atoms with Gasteiger partial charge in [0.25, 0.3) is 0 Å². The summed E-state index contributed by atoms with van der Waals surface area (Å²) in [6.45, 7) is 6.18. The molecule has 0 aliphatic carbocycles. The van der Waals surface area contributed by atoms with E-state index in [-0.39, 0.29) is 12.1 Å². The molecular formula is C9H16N2O2S. The third kappa shape index (κ3) is 2.57. The molecule has 1 saturated heterocycles. The van der Waals surface area contributed by atoms with Crippen molar-refractivity contribution in [3.8, 4) is 0 Å². The van der Waals surface area contributed by atoms with E-state index in [4.69, 9.17) is 22.7 Å². The van der Waals surface area contributed by atoms with Crippen LogP contribution in [0.4, 0.5) is 4.79 Å². The molecule has 1 amide bonds. The molecule has 4 nitrogen and oxygen atoms in total. The summed E-state index contributed by atoms with van der Waals surface area (Å²) in [6.07, 6.45) is 0.510. The predicted octanol–water partition coefficient (Wildman–Crippen LogP) is 1.28. The Morgan fingerprint density at radius 2 is 2.14 bits per heavy atom. The summed E-state index contributed by atoms with van der Waals surface area (Å²) in [5.41, 5.74) is 5.01. The first-order valence-electron chi connectivity index (χ1n) is 4.60. The van der Waals surface area contributed by atoms with Crippen LogP contribution in [0, 0.1) is 0 Å². The third-order valence-electron chi connectivity index (χ3n) is 1.98. The van der Waals surface area contributed by atoms with Crippen LogP contribution in [0.5, 0.6) is 0 Å². The number of hydrogen-bond donors (Lipinski definition) is 1. The number of ether oxygens (including phenoxy) is 1. The van der Waals surface area contributed by atoms with Gasteiger partial charge in [0.15, 0.2) is 0 Å². The van der Waals surface area contributed by atoms with Gasteiger partial charge in [0.05, 0.1) is 11.0 Å². The summed E-state index contributed by atoms with van der Waals surface area (Å²) in [5.74, 6) is 0. The second-order valence-corrected chi connectivity index (χ2v) is 4.85. The molecule has 14 heavy (non-hydrogen) atoms. The zero-order chi connectivity index (χ0) is 10.9. The van der Waals surface area contributed by atoms with Crippen LogP contribution in [0.3, 0.4) is 0 Å². The van der Waals surface area contributed by atoms with Gasteiger partial charge < -0.3 is 10.5 Å². The molecule has 0 aromatic rings. The minimum Gasteiger partial charge on any atom is -0.444 e. The highest BCUT2D eigenvalue weighted by atomic mass is 32.1. The summed E-state index contributed by atoms with van der Waals surface area (Å²) in [5, 5.41) is 0. The number of carbonyl (C=O) groups is 1. The number of nitrogens with two attached hydrogens (primary N) is 1. The second-order valence-electron chi connectivity index (χ2n) is 4.38. The average Bonchev–Trinajstić information content (AvgIpc) is 1.75. The topological polar surface area (TPSA) is 55.6 Å². The number of nitrogens with zero attached hydrogens (tertiary/aromatic N) is 1. The first-order chi connectivity index (χ1) is 6.31. The van der Waals surface area contributed by atoms with Gasteiger partial charge in [-0.2, -0.15) is 0 Å². The van der Waals surface area contributed by atoms with E-state index in [0.717, 1.165) is 6.42 Å². The minimum atomic E-state index is -0.465. The molecule has 0 bridgehead atoms. The average molecular weight is 216 g/mol. The van der Waals surface area contributed by atoms with Crippen molar-refractivity contribution in [3.05, 3.63) is 0 Å². The van der Waals surface area contributed by atoms with Gasteiger partial charge in [-0.3, -0.25) is 4.90 Å². The standard InChI is InChI=1S/C9H16N2O2S/c1-9(2,3)13-8(12)11-5-4-6(11)7(10)14/h6H,4-5H2,1-3H3,(H2,10,14). The molecule has 2 N–H and O–H groups in total. The van der Waals surface area contributed by atoms with Crippen molar-refractivity contribution in [2.24, 2.45) is 5.73 Å². The normalized spacial score (nSPS) is 21.4. The molecule has 80 valence electrons. The molecule has 1 aliphatic rings. The highest BCUT2D eigenvalue weighted by molar-refractivity contribution is 7.80. The molecule has 1 atom stereocenters. The maximum Gasteiger partial charge on any atom is 0.410 e. The van der Waals surface area contributed by atoms with Crippen LogP contribution in [0.1, 0.15) is 27.2 Å². The SMILES string of the molecule is CC(C)(C)OC(=O)N1CCC1C(N)=S. The van der Waals surface area contributed by atoms with E-state index in [0.29, 0.717) is 11.5 Å². The van der Waals surface area contributed by atoms with Gasteiger partial charge in [-0.25, -0.2) is 4.79 Å². The Balaban J connectivity index is 2.51. The summed E-state index contributed by atoms with van der Waals surface area (Å²) >= 11 is 4.83. The Morgan fingerprint density at radius 1 is 1.57 bits per heavy atom. The maximum absolute atomic E-state index is 11.5. The number of likely N-dealkylation sites (tertiary alicyclic amines) is 1. The molecule has 1 aliphatic heterocycles. The highest BCUT2D eigenvalue weighted by Gasteiger charge is 2.36. The van der Waals surface area contributed by atoms with Gasteiger partial charge in [-0.05, 0) is 27.2 Å². The summed E-state index contributed by atoms with van der Waals surface area (Å²) in [4.78, 5) is 13.5. The molecule has 0 spiro atoms. The Bertz CT molecular complexity index is 260. The van der Waals surface area contributed by atoms with Crippen LogP contribution in [-0.4, -0.2) is 34.2 Å². The van der Waals surface area contributed by atoms with E-state index in [9.17, 15) is 4.79 Å². The molecule has 0 saturated carbocycles. The van der Waals surface area contributed by atoms with Crippen LogP contribution in [-0.2, 0) is 4.74 Å². The van der Waals surface area contributed by atoms with Crippen molar-refractivity contribution in [1.29, 1.82) is 0 Å². The van der Waals surface area contributed by atoms with E-state index >= 15 is 0 Å².